The van der Waals surface area contributed by atoms with Crippen molar-refractivity contribution in [1.29, 1.82) is 0 Å². The van der Waals surface area contributed by atoms with Crippen molar-refractivity contribution in [2.24, 2.45) is 0 Å². The van der Waals surface area contributed by atoms with E-state index in [4.69, 9.17) is 0 Å². The monoisotopic (exact) mass is 316 g/mol. The second-order valence-electron chi connectivity index (χ2n) is 8.79. The third-order valence-corrected chi connectivity index (χ3v) is 4.77. The van der Waals surface area contributed by atoms with Crippen molar-refractivity contribution in [3.63, 3.8) is 0 Å². The van der Waals surface area contributed by atoms with E-state index in [-0.39, 0.29) is 10.8 Å². The number of hydrogen-bond acceptors (Lipinski definition) is 0. The van der Waals surface area contributed by atoms with Gasteiger partial charge in [-0.2, -0.15) is 0 Å². The molecular formula is C24H28. The molecule has 3 rings (SSSR count). The molecule has 0 amide bonds. The van der Waals surface area contributed by atoms with Gasteiger partial charge in [-0.15, -0.1) is 0 Å². The highest BCUT2D eigenvalue weighted by Crippen LogP contribution is 2.37. The van der Waals surface area contributed by atoms with Crippen LogP contribution in [0.15, 0.2) is 60.7 Å². The molecule has 0 saturated heterocycles. The summed E-state index contributed by atoms with van der Waals surface area (Å²) < 4.78 is 0. The SMILES string of the molecule is CC(C)(C)c1cccc(-c2ccc(C(C)(C)C)c3ccccc23)c1. The highest BCUT2D eigenvalue weighted by molar-refractivity contribution is 5.99. The highest BCUT2D eigenvalue weighted by atomic mass is 14.2. The molecular weight excluding hydrogens is 288 g/mol. The summed E-state index contributed by atoms with van der Waals surface area (Å²) in [5.74, 6) is 0. The van der Waals surface area contributed by atoms with Crippen LogP contribution in [-0.4, -0.2) is 0 Å². The standard InChI is InChI=1S/C24H28/c1-23(2,3)18-11-9-10-17(16-18)19-14-15-22(24(4,5)6)21-13-8-7-12-20(19)21/h7-16H,1-6H3. The lowest BCUT2D eigenvalue weighted by Crippen LogP contribution is -2.12. The minimum Gasteiger partial charge on any atom is -0.0616 e. The molecule has 0 heterocycles. The van der Waals surface area contributed by atoms with Crippen LogP contribution >= 0.6 is 0 Å². The molecule has 24 heavy (non-hydrogen) atoms. The Hall–Kier alpha value is -2.08. The smallest absolute Gasteiger partial charge is 0.0102 e. The first kappa shape index (κ1) is 16.8. The van der Waals surface area contributed by atoms with Gasteiger partial charge in [0.15, 0.2) is 0 Å². The van der Waals surface area contributed by atoms with Gasteiger partial charge in [-0.25, -0.2) is 0 Å². The van der Waals surface area contributed by atoms with Crippen molar-refractivity contribution in [1.82, 2.24) is 0 Å². The largest absolute Gasteiger partial charge is 0.0616 e. The lowest BCUT2D eigenvalue weighted by Gasteiger charge is -2.23. The van der Waals surface area contributed by atoms with Crippen LogP contribution in [0.3, 0.4) is 0 Å². The average Bonchev–Trinajstić information content (AvgIpc) is 2.52. The zero-order valence-corrected chi connectivity index (χ0v) is 15.8. The zero-order valence-electron chi connectivity index (χ0n) is 15.8. The number of fused-ring (bicyclic) bond motifs is 1. The molecule has 0 aliphatic carbocycles. The van der Waals surface area contributed by atoms with Crippen LogP contribution in [-0.2, 0) is 10.8 Å². The molecule has 0 spiro atoms. The van der Waals surface area contributed by atoms with E-state index in [2.05, 4.69) is 102 Å². The summed E-state index contributed by atoms with van der Waals surface area (Å²) in [6.45, 7) is 13.7. The van der Waals surface area contributed by atoms with Gasteiger partial charge in [0.05, 0.1) is 0 Å². The summed E-state index contributed by atoms with van der Waals surface area (Å²) in [5, 5.41) is 2.71. The van der Waals surface area contributed by atoms with E-state index in [0.29, 0.717) is 0 Å². The van der Waals surface area contributed by atoms with Crippen molar-refractivity contribution >= 4 is 10.8 Å². The molecule has 0 radical (unpaired) electrons. The third kappa shape index (κ3) is 3.11. The molecule has 0 nitrogen and oxygen atoms in total. The van der Waals surface area contributed by atoms with Gasteiger partial charge < -0.3 is 0 Å². The Kier molecular flexibility index (Phi) is 4.03. The molecule has 0 fully saturated rings. The summed E-state index contributed by atoms with van der Waals surface area (Å²) >= 11 is 0. The van der Waals surface area contributed by atoms with Crippen molar-refractivity contribution < 1.29 is 0 Å². The summed E-state index contributed by atoms with van der Waals surface area (Å²) in [6.07, 6.45) is 0. The molecule has 0 bridgehead atoms. The van der Waals surface area contributed by atoms with Gasteiger partial charge in [-0.05, 0) is 43.9 Å². The molecule has 0 unspecified atom stereocenters. The average molecular weight is 316 g/mol. The van der Waals surface area contributed by atoms with Crippen molar-refractivity contribution in [3.05, 3.63) is 71.8 Å². The van der Waals surface area contributed by atoms with Crippen LogP contribution in [0.25, 0.3) is 21.9 Å². The first-order chi connectivity index (χ1) is 11.2. The fraction of sp³-hybridized carbons (Fsp3) is 0.333. The van der Waals surface area contributed by atoms with Gasteiger partial charge in [0, 0.05) is 0 Å². The van der Waals surface area contributed by atoms with E-state index in [9.17, 15) is 0 Å². The molecule has 0 aromatic heterocycles. The number of hydrogen-bond donors (Lipinski definition) is 0. The lowest BCUT2D eigenvalue weighted by molar-refractivity contribution is 0.590. The molecule has 124 valence electrons. The highest BCUT2D eigenvalue weighted by Gasteiger charge is 2.19. The Bertz CT molecular complexity index is 870. The normalized spacial score (nSPS) is 12.6. The number of benzene rings is 3. The molecule has 0 aliphatic heterocycles. The third-order valence-electron chi connectivity index (χ3n) is 4.77. The van der Waals surface area contributed by atoms with Crippen molar-refractivity contribution in [3.8, 4) is 11.1 Å². The second kappa shape index (κ2) is 5.77. The quantitative estimate of drug-likeness (QED) is 0.449. The molecule has 0 N–H and O–H groups in total. The van der Waals surface area contributed by atoms with E-state index in [1.54, 1.807) is 0 Å². The van der Waals surface area contributed by atoms with Gasteiger partial charge in [0.2, 0.25) is 0 Å². The number of rotatable bonds is 1. The van der Waals surface area contributed by atoms with Gasteiger partial charge >= 0.3 is 0 Å². The summed E-state index contributed by atoms with van der Waals surface area (Å²) in [4.78, 5) is 0. The van der Waals surface area contributed by atoms with Crippen molar-refractivity contribution in [2.45, 2.75) is 52.4 Å². The maximum absolute atomic E-state index is 2.35. The van der Waals surface area contributed by atoms with Crippen LogP contribution in [0.5, 0.6) is 0 Å². The van der Waals surface area contributed by atoms with Crippen LogP contribution in [0, 0.1) is 0 Å². The fourth-order valence-corrected chi connectivity index (χ4v) is 3.36. The van der Waals surface area contributed by atoms with Crippen LogP contribution in [0.2, 0.25) is 0 Å². The molecule has 0 aliphatic rings. The van der Waals surface area contributed by atoms with E-state index < -0.39 is 0 Å². The van der Waals surface area contributed by atoms with Gasteiger partial charge in [0.25, 0.3) is 0 Å². The Labute approximate surface area is 146 Å². The molecule has 0 heteroatoms. The maximum Gasteiger partial charge on any atom is -0.0102 e. The van der Waals surface area contributed by atoms with Gasteiger partial charge in [0.1, 0.15) is 0 Å². The molecule has 3 aromatic rings. The fourth-order valence-electron chi connectivity index (χ4n) is 3.36. The predicted molar refractivity (Wildman–Crippen MR) is 107 cm³/mol. The first-order valence-corrected chi connectivity index (χ1v) is 8.81. The van der Waals surface area contributed by atoms with Gasteiger partial charge in [-0.1, -0.05) is 102 Å². The minimum absolute atomic E-state index is 0.144. The van der Waals surface area contributed by atoms with E-state index in [0.717, 1.165) is 0 Å². The van der Waals surface area contributed by atoms with Crippen molar-refractivity contribution in [2.75, 3.05) is 0 Å². The van der Waals surface area contributed by atoms with E-state index >= 15 is 0 Å². The Balaban J connectivity index is 2.26. The van der Waals surface area contributed by atoms with Crippen LogP contribution < -0.4 is 0 Å². The maximum atomic E-state index is 2.35. The Morgan fingerprint density at radius 3 is 1.88 bits per heavy atom. The summed E-state index contributed by atoms with van der Waals surface area (Å²) in [7, 11) is 0. The first-order valence-electron chi connectivity index (χ1n) is 8.81. The van der Waals surface area contributed by atoms with E-state index in [1.807, 2.05) is 0 Å². The Morgan fingerprint density at radius 2 is 1.25 bits per heavy atom. The van der Waals surface area contributed by atoms with Crippen LogP contribution in [0.1, 0.15) is 52.7 Å². The Morgan fingerprint density at radius 1 is 0.583 bits per heavy atom. The minimum atomic E-state index is 0.144. The molecule has 0 atom stereocenters. The van der Waals surface area contributed by atoms with E-state index in [1.165, 1.54) is 33.0 Å². The topological polar surface area (TPSA) is 0 Å². The molecule has 0 saturated carbocycles. The predicted octanol–water partition coefficient (Wildman–Crippen LogP) is 7.10. The second-order valence-corrected chi connectivity index (χ2v) is 8.79. The zero-order chi connectivity index (χ0) is 17.5. The van der Waals surface area contributed by atoms with Crippen LogP contribution in [0.4, 0.5) is 0 Å². The molecule has 3 aromatic carbocycles. The summed E-state index contributed by atoms with van der Waals surface area (Å²) in [5.41, 5.74) is 5.73. The van der Waals surface area contributed by atoms with Gasteiger partial charge in [-0.3, -0.25) is 0 Å². The lowest BCUT2D eigenvalue weighted by atomic mass is 9.81. The summed E-state index contributed by atoms with van der Waals surface area (Å²) in [6, 6.07) is 22.4.